The van der Waals surface area contributed by atoms with Gasteiger partial charge in [0.15, 0.2) is 0 Å². The maximum Gasteiger partial charge on any atom is 0.0652 e. The van der Waals surface area contributed by atoms with Gasteiger partial charge in [-0.1, -0.05) is 34.6 Å². The number of methoxy groups -OCH3 is 1. The molecule has 2 nitrogen and oxygen atoms in total. The van der Waals surface area contributed by atoms with Crippen LogP contribution in [0.3, 0.4) is 0 Å². The van der Waals surface area contributed by atoms with Crippen LogP contribution < -0.4 is 5.32 Å². The molecule has 0 aromatic carbocycles. The molecule has 0 aromatic rings. The van der Waals surface area contributed by atoms with Crippen molar-refractivity contribution >= 4 is 0 Å². The summed E-state index contributed by atoms with van der Waals surface area (Å²) in [6.07, 6.45) is 4.28. The van der Waals surface area contributed by atoms with Crippen molar-refractivity contribution in [1.29, 1.82) is 0 Å². The summed E-state index contributed by atoms with van der Waals surface area (Å²) in [6.45, 7) is 11.8. The molecule has 0 saturated heterocycles. The standard InChI is InChI=1S/C15H29NO/c1-10-8-14(2,3)9-11(10)16-12-7-13(17-6)15(12,4)5/h10-13,16H,7-9H2,1-6H3. The third kappa shape index (κ3) is 2.39. The molecule has 2 aliphatic rings. The van der Waals surface area contributed by atoms with Crippen LogP contribution in [0, 0.1) is 16.7 Å². The smallest absolute Gasteiger partial charge is 0.0652 e. The zero-order chi connectivity index (χ0) is 12.8. The van der Waals surface area contributed by atoms with E-state index in [9.17, 15) is 0 Å². The van der Waals surface area contributed by atoms with Crippen LogP contribution in [-0.4, -0.2) is 25.3 Å². The van der Waals surface area contributed by atoms with E-state index in [4.69, 9.17) is 4.74 Å². The summed E-state index contributed by atoms with van der Waals surface area (Å²) >= 11 is 0. The molecule has 2 heteroatoms. The van der Waals surface area contributed by atoms with Gasteiger partial charge >= 0.3 is 0 Å². The van der Waals surface area contributed by atoms with Crippen molar-refractivity contribution < 1.29 is 4.74 Å². The predicted octanol–water partition coefficient (Wildman–Crippen LogP) is 3.21. The van der Waals surface area contributed by atoms with E-state index < -0.39 is 0 Å². The van der Waals surface area contributed by atoms with Crippen molar-refractivity contribution in [3.8, 4) is 0 Å². The number of hydrogen-bond acceptors (Lipinski definition) is 2. The molecule has 0 radical (unpaired) electrons. The molecule has 1 N–H and O–H groups in total. The van der Waals surface area contributed by atoms with Gasteiger partial charge in [-0.05, 0) is 30.6 Å². The average Bonchev–Trinajstić information content (AvgIpc) is 2.45. The molecule has 17 heavy (non-hydrogen) atoms. The Labute approximate surface area is 107 Å². The Morgan fingerprint density at radius 2 is 1.76 bits per heavy atom. The highest BCUT2D eigenvalue weighted by Crippen LogP contribution is 2.46. The fourth-order valence-electron chi connectivity index (χ4n) is 3.94. The van der Waals surface area contributed by atoms with Crippen LogP contribution >= 0.6 is 0 Å². The van der Waals surface area contributed by atoms with E-state index in [1.54, 1.807) is 0 Å². The van der Waals surface area contributed by atoms with E-state index in [2.05, 4.69) is 39.9 Å². The van der Waals surface area contributed by atoms with Crippen LogP contribution in [0.4, 0.5) is 0 Å². The van der Waals surface area contributed by atoms with Gasteiger partial charge in [-0.2, -0.15) is 0 Å². The lowest BCUT2D eigenvalue weighted by Crippen LogP contribution is -2.62. The molecule has 0 bridgehead atoms. The highest BCUT2D eigenvalue weighted by atomic mass is 16.5. The molecule has 0 amide bonds. The second kappa shape index (κ2) is 4.24. The number of hydrogen-bond donors (Lipinski definition) is 1. The quantitative estimate of drug-likeness (QED) is 0.816. The largest absolute Gasteiger partial charge is 0.381 e. The van der Waals surface area contributed by atoms with E-state index in [-0.39, 0.29) is 0 Å². The Morgan fingerprint density at radius 3 is 2.18 bits per heavy atom. The average molecular weight is 239 g/mol. The summed E-state index contributed by atoms with van der Waals surface area (Å²) in [7, 11) is 1.84. The maximum absolute atomic E-state index is 5.52. The maximum atomic E-state index is 5.52. The van der Waals surface area contributed by atoms with E-state index in [1.807, 2.05) is 7.11 Å². The van der Waals surface area contributed by atoms with Gasteiger partial charge in [-0.25, -0.2) is 0 Å². The minimum absolute atomic E-state index is 0.293. The minimum atomic E-state index is 0.293. The summed E-state index contributed by atoms with van der Waals surface area (Å²) in [5, 5.41) is 3.90. The molecule has 2 saturated carbocycles. The second-order valence-corrected chi connectivity index (χ2v) is 7.66. The third-order valence-electron chi connectivity index (χ3n) is 5.21. The predicted molar refractivity (Wildman–Crippen MR) is 72.1 cm³/mol. The zero-order valence-corrected chi connectivity index (χ0v) is 12.3. The van der Waals surface area contributed by atoms with Gasteiger partial charge in [0.25, 0.3) is 0 Å². The molecule has 4 atom stereocenters. The van der Waals surface area contributed by atoms with E-state index in [1.165, 1.54) is 19.3 Å². The van der Waals surface area contributed by atoms with E-state index in [0.29, 0.717) is 29.0 Å². The monoisotopic (exact) mass is 239 g/mol. The molecule has 4 unspecified atom stereocenters. The Bertz CT molecular complexity index is 285. The lowest BCUT2D eigenvalue weighted by Gasteiger charge is -2.52. The Balaban J connectivity index is 1.91. The van der Waals surface area contributed by atoms with Gasteiger partial charge in [-0.3, -0.25) is 0 Å². The molecule has 100 valence electrons. The van der Waals surface area contributed by atoms with Gasteiger partial charge in [0.05, 0.1) is 6.10 Å². The first-order valence-electron chi connectivity index (χ1n) is 7.05. The molecular formula is C15H29NO. The van der Waals surface area contributed by atoms with Crippen molar-refractivity contribution in [3.05, 3.63) is 0 Å². The summed E-state index contributed by atoms with van der Waals surface area (Å²) in [5.74, 6) is 0.808. The SMILES string of the molecule is COC1CC(NC2CC(C)(C)CC2C)C1(C)C. The number of rotatable bonds is 3. The van der Waals surface area contributed by atoms with Gasteiger partial charge in [0.2, 0.25) is 0 Å². The fraction of sp³-hybridized carbons (Fsp3) is 1.00. The fourth-order valence-corrected chi connectivity index (χ4v) is 3.94. The molecule has 0 heterocycles. The first-order chi connectivity index (χ1) is 7.76. The molecule has 2 aliphatic carbocycles. The first kappa shape index (κ1) is 13.4. The highest BCUT2D eigenvalue weighted by molar-refractivity contribution is 5.05. The Morgan fingerprint density at radius 1 is 1.12 bits per heavy atom. The minimum Gasteiger partial charge on any atom is -0.381 e. The third-order valence-corrected chi connectivity index (χ3v) is 5.21. The molecule has 2 rings (SSSR count). The van der Waals surface area contributed by atoms with Crippen LogP contribution in [-0.2, 0) is 4.74 Å². The lowest BCUT2D eigenvalue weighted by atomic mass is 9.64. The number of ether oxygens (including phenoxy) is 1. The summed E-state index contributed by atoms with van der Waals surface area (Å²) in [4.78, 5) is 0. The Kier molecular flexibility index (Phi) is 3.33. The second-order valence-electron chi connectivity index (χ2n) is 7.66. The van der Waals surface area contributed by atoms with Crippen LogP contribution in [0.15, 0.2) is 0 Å². The van der Waals surface area contributed by atoms with Crippen molar-refractivity contribution in [3.63, 3.8) is 0 Å². The molecule has 0 aromatic heterocycles. The van der Waals surface area contributed by atoms with Crippen molar-refractivity contribution in [2.24, 2.45) is 16.7 Å². The molecule has 2 fully saturated rings. The van der Waals surface area contributed by atoms with Crippen LogP contribution in [0.25, 0.3) is 0 Å². The Hall–Kier alpha value is -0.0800. The van der Waals surface area contributed by atoms with Crippen molar-refractivity contribution in [1.82, 2.24) is 5.32 Å². The van der Waals surface area contributed by atoms with E-state index >= 15 is 0 Å². The van der Waals surface area contributed by atoms with Crippen molar-refractivity contribution in [2.75, 3.05) is 7.11 Å². The molecule has 0 aliphatic heterocycles. The molecule has 0 spiro atoms. The van der Waals surface area contributed by atoms with E-state index in [0.717, 1.165) is 5.92 Å². The number of nitrogens with one attached hydrogen (secondary N) is 1. The normalized spacial score (nSPS) is 43.4. The van der Waals surface area contributed by atoms with Crippen LogP contribution in [0.1, 0.15) is 53.9 Å². The van der Waals surface area contributed by atoms with Gasteiger partial charge in [0.1, 0.15) is 0 Å². The van der Waals surface area contributed by atoms with Gasteiger partial charge < -0.3 is 10.1 Å². The zero-order valence-electron chi connectivity index (χ0n) is 12.3. The lowest BCUT2D eigenvalue weighted by molar-refractivity contribution is -0.101. The summed E-state index contributed by atoms with van der Waals surface area (Å²) in [5.41, 5.74) is 0.812. The van der Waals surface area contributed by atoms with Crippen LogP contribution in [0.5, 0.6) is 0 Å². The van der Waals surface area contributed by atoms with Crippen LogP contribution in [0.2, 0.25) is 0 Å². The summed E-state index contributed by atoms with van der Waals surface area (Å²) in [6, 6.07) is 1.33. The summed E-state index contributed by atoms with van der Waals surface area (Å²) < 4.78 is 5.52. The first-order valence-corrected chi connectivity index (χ1v) is 7.05. The highest BCUT2D eigenvalue weighted by Gasteiger charge is 2.50. The topological polar surface area (TPSA) is 21.3 Å². The van der Waals surface area contributed by atoms with Crippen molar-refractivity contribution in [2.45, 2.75) is 72.1 Å². The molecular weight excluding hydrogens is 210 g/mol. The van der Waals surface area contributed by atoms with Gasteiger partial charge in [0, 0.05) is 24.6 Å². The van der Waals surface area contributed by atoms with Gasteiger partial charge in [-0.15, -0.1) is 0 Å².